The number of hydrogen-bond acceptors (Lipinski definition) is 5. The van der Waals surface area contributed by atoms with Crippen LogP contribution in [-0.2, 0) is 20.1 Å². The second kappa shape index (κ2) is 9.10. The number of piperidine rings is 1. The standard InChI is InChI=1S/C23H29N5OS/c1-16-8-17(2)12-28(11-16)14-19-7-5-4-6-18(19)9-24-22(29)21-15-30-23(26-21)20-10-25-27(3)13-20/h4-7,10,13,15-17H,8-9,11-12,14H2,1-3H3,(H,24,29). The third kappa shape index (κ3) is 4.96. The molecular formula is C23H29N5OS. The average Bonchev–Trinajstić information content (AvgIpc) is 3.35. The molecule has 30 heavy (non-hydrogen) atoms. The van der Waals surface area contributed by atoms with Gasteiger partial charge >= 0.3 is 0 Å². The van der Waals surface area contributed by atoms with Crippen molar-refractivity contribution in [2.45, 2.75) is 33.4 Å². The Hall–Kier alpha value is -2.51. The Kier molecular flexibility index (Phi) is 6.29. The molecule has 158 valence electrons. The number of nitrogens with one attached hydrogen (secondary N) is 1. The molecule has 3 aromatic rings. The zero-order valence-electron chi connectivity index (χ0n) is 17.8. The zero-order chi connectivity index (χ0) is 21.1. The van der Waals surface area contributed by atoms with Gasteiger partial charge in [-0.3, -0.25) is 14.4 Å². The highest BCUT2D eigenvalue weighted by Crippen LogP contribution is 2.24. The number of aryl methyl sites for hydroxylation is 1. The molecule has 1 N–H and O–H groups in total. The van der Waals surface area contributed by atoms with Crippen LogP contribution in [0.15, 0.2) is 42.0 Å². The van der Waals surface area contributed by atoms with Gasteiger partial charge in [-0.05, 0) is 29.4 Å². The average molecular weight is 424 g/mol. The van der Waals surface area contributed by atoms with E-state index in [1.165, 1.54) is 28.9 Å². The van der Waals surface area contributed by atoms with E-state index in [9.17, 15) is 4.79 Å². The van der Waals surface area contributed by atoms with Crippen molar-refractivity contribution >= 4 is 17.2 Å². The van der Waals surface area contributed by atoms with Crippen LogP contribution in [0.4, 0.5) is 0 Å². The van der Waals surface area contributed by atoms with Gasteiger partial charge in [0.05, 0.1) is 6.20 Å². The van der Waals surface area contributed by atoms with Gasteiger partial charge in [0.2, 0.25) is 0 Å². The Bertz CT molecular complexity index is 1000. The number of aromatic nitrogens is 3. The van der Waals surface area contributed by atoms with E-state index in [0.29, 0.717) is 12.2 Å². The molecule has 0 bridgehead atoms. The van der Waals surface area contributed by atoms with E-state index in [-0.39, 0.29) is 5.91 Å². The van der Waals surface area contributed by atoms with Crippen LogP contribution in [-0.4, -0.2) is 38.7 Å². The largest absolute Gasteiger partial charge is 0.347 e. The third-order valence-corrected chi connectivity index (χ3v) is 6.48. The summed E-state index contributed by atoms with van der Waals surface area (Å²) < 4.78 is 1.73. The molecule has 1 saturated heterocycles. The molecule has 2 unspecified atom stereocenters. The highest BCUT2D eigenvalue weighted by atomic mass is 32.1. The fourth-order valence-electron chi connectivity index (χ4n) is 4.35. The van der Waals surface area contributed by atoms with Crippen molar-refractivity contribution in [2.75, 3.05) is 13.1 Å². The van der Waals surface area contributed by atoms with E-state index in [1.807, 2.05) is 19.3 Å². The highest BCUT2D eigenvalue weighted by Gasteiger charge is 2.22. The summed E-state index contributed by atoms with van der Waals surface area (Å²) in [5.41, 5.74) is 3.83. The number of amides is 1. The first-order chi connectivity index (χ1) is 14.5. The molecular weight excluding hydrogens is 394 g/mol. The molecule has 1 aliphatic heterocycles. The van der Waals surface area contributed by atoms with Crippen LogP contribution >= 0.6 is 11.3 Å². The normalized spacial score (nSPS) is 19.7. The summed E-state index contributed by atoms with van der Waals surface area (Å²) in [6.45, 7) is 8.39. The number of nitrogens with zero attached hydrogens (tertiary/aromatic N) is 4. The third-order valence-electron chi connectivity index (χ3n) is 5.58. The van der Waals surface area contributed by atoms with Crippen molar-refractivity contribution in [3.05, 3.63) is 58.9 Å². The number of rotatable bonds is 6. The van der Waals surface area contributed by atoms with Gasteiger partial charge in [-0.2, -0.15) is 5.10 Å². The van der Waals surface area contributed by atoms with Crippen molar-refractivity contribution in [1.82, 2.24) is 25.0 Å². The molecule has 1 aromatic carbocycles. The Balaban J connectivity index is 1.39. The predicted molar refractivity (Wildman–Crippen MR) is 120 cm³/mol. The smallest absolute Gasteiger partial charge is 0.271 e. The number of hydrogen-bond donors (Lipinski definition) is 1. The number of thiazole rings is 1. The van der Waals surface area contributed by atoms with Crippen molar-refractivity contribution in [2.24, 2.45) is 18.9 Å². The molecule has 2 aromatic heterocycles. The minimum absolute atomic E-state index is 0.142. The van der Waals surface area contributed by atoms with Gasteiger partial charge in [0.15, 0.2) is 0 Å². The summed E-state index contributed by atoms with van der Waals surface area (Å²) in [6, 6.07) is 8.40. The molecule has 0 radical (unpaired) electrons. The molecule has 7 heteroatoms. The van der Waals surface area contributed by atoms with Crippen molar-refractivity contribution in [3.63, 3.8) is 0 Å². The monoisotopic (exact) mass is 423 g/mol. The SMILES string of the molecule is CC1CC(C)CN(Cc2ccccc2CNC(=O)c2csc(-c3cnn(C)c3)n2)C1. The van der Waals surface area contributed by atoms with Gasteiger partial charge in [-0.1, -0.05) is 38.1 Å². The fraction of sp³-hybridized carbons (Fsp3) is 0.435. The molecule has 1 amide bonds. The number of benzene rings is 1. The van der Waals surface area contributed by atoms with Crippen LogP contribution in [0.3, 0.4) is 0 Å². The van der Waals surface area contributed by atoms with Gasteiger partial charge in [0.25, 0.3) is 5.91 Å². The molecule has 2 atom stereocenters. The second-order valence-electron chi connectivity index (χ2n) is 8.53. The fourth-order valence-corrected chi connectivity index (χ4v) is 5.13. The second-order valence-corrected chi connectivity index (χ2v) is 9.39. The van der Waals surface area contributed by atoms with Gasteiger partial charge in [0, 0.05) is 50.4 Å². The van der Waals surface area contributed by atoms with E-state index < -0.39 is 0 Å². The molecule has 3 heterocycles. The summed E-state index contributed by atoms with van der Waals surface area (Å²) in [5, 5.41) is 9.83. The molecule has 0 aliphatic carbocycles. The predicted octanol–water partition coefficient (Wildman–Crippen LogP) is 3.95. The molecule has 1 fully saturated rings. The first kappa shape index (κ1) is 20.8. The van der Waals surface area contributed by atoms with Crippen molar-refractivity contribution < 1.29 is 4.79 Å². The Labute approximate surface area is 181 Å². The summed E-state index contributed by atoms with van der Waals surface area (Å²) in [7, 11) is 1.87. The number of carbonyl (C=O) groups excluding carboxylic acids is 1. The lowest BCUT2D eigenvalue weighted by atomic mass is 9.91. The quantitative estimate of drug-likeness (QED) is 0.652. The summed E-state index contributed by atoms with van der Waals surface area (Å²) >= 11 is 1.46. The van der Waals surface area contributed by atoms with E-state index in [1.54, 1.807) is 16.3 Å². The molecule has 0 saturated carbocycles. The maximum Gasteiger partial charge on any atom is 0.271 e. The summed E-state index contributed by atoms with van der Waals surface area (Å²) in [4.78, 5) is 19.7. The van der Waals surface area contributed by atoms with E-state index in [0.717, 1.165) is 42.0 Å². The minimum atomic E-state index is -0.142. The van der Waals surface area contributed by atoms with Gasteiger partial charge in [0.1, 0.15) is 10.7 Å². The van der Waals surface area contributed by atoms with Gasteiger partial charge < -0.3 is 5.32 Å². The van der Waals surface area contributed by atoms with Crippen molar-refractivity contribution in [3.8, 4) is 10.6 Å². The van der Waals surface area contributed by atoms with E-state index in [4.69, 9.17) is 0 Å². The van der Waals surface area contributed by atoms with Crippen LogP contribution in [0.2, 0.25) is 0 Å². The molecule has 6 nitrogen and oxygen atoms in total. The maximum atomic E-state index is 12.7. The van der Waals surface area contributed by atoms with Crippen LogP contribution in [0.5, 0.6) is 0 Å². The Morgan fingerprint density at radius 3 is 2.63 bits per heavy atom. The maximum absolute atomic E-state index is 12.7. The van der Waals surface area contributed by atoms with Gasteiger partial charge in [-0.25, -0.2) is 4.98 Å². The van der Waals surface area contributed by atoms with Gasteiger partial charge in [-0.15, -0.1) is 11.3 Å². The first-order valence-corrected chi connectivity index (χ1v) is 11.4. The molecule has 0 spiro atoms. The van der Waals surface area contributed by atoms with E-state index >= 15 is 0 Å². The molecule has 1 aliphatic rings. The van der Waals surface area contributed by atoms with Crippen LogP contribution in [0, 0.1) is 11.8 Å². The van der Waals surface area contributed by atoms with Crippen molar-refractivity contribution in [1.29, 1.82) is 0 Å². The summed E-state index contributed by atoms with van der Waals surface area (Å²) in [6.07, 6.45) is 4.97. The summed E-state index contributed by atoms with van der Waals surface area (Å²) in [5.74, 6) is 1.33. The Morgan fingerprint density at radius 1 is 1.20 bits per heavy atom. The number of carbonyl (C=O) groups is 1. The van der Waals surface area contributed by atoms with Crippen LogP contribution < -0.4 is 5.32 Å². The van der Waals surface area contributed by atoms with E-state index in [2.05, 4.69) is 52.3 Å². The lowest BCUT2D eigenvalue weighted by molar-refractivity contribution is 0.0946. The topological polar surface area (TPSA) is 63.1 Å². The minimum Gasteiger partial charge on any atom is -0.347 e. The Morgan fingerprint density at radius 2 is 1.93 bits per heavy atom. The highest BCUT2D eigenvalue weighted by molar-refractivity contribution is 7.13. The lowest BCUT2D eigenvalue weighted by Gasteiger charge is -2.35. The first-order valence-electron chi connectivity index (χ1n) is 10.5. The molecule has 4 rings (SSSR count). The number of likely N-dealkylation sites (tertiary alicyclic amines) is 1. The zero-order valence-corrected chi connectivity index (χ0v) is 18.7. The lowest BCUT2D eigenvalue weighted by Crippen LogP contribution is -2.38. The van der Waals surface area contributed by atoms with Crippen LogP contribution in [0.1, 0.15) is 41.9 Å². The van der Waals surface area contributed by atoms with Crippen LogP contribution in [0.25, 0.3) is 10.6 Å².